The van der Waals surface area contributed by atoms with Gasteiger partial charge in [-0.3, -0.25) is 4.79 Å². The lowest BCUT2D eigenvalue weighted by atomic mass is 10.2. The van der Waals surface area contributed by atoms with E-state index in [0.29, 0.717) is 11.5 Å². The van der Waals surface area contributed by atoms with E-state index in [-0.39, 0.29) is 19.2 Å². The summed E-state index contributed by atoms with van der Waals surface area (Å²) in [6, 6.07) is 11.4. The molecule has 0 atom stereocenters. The fourth-order valence-electron chi connectivity index (χ4n) is 2.00. The highest BCUT2D eigenvalue weighted by atomic mass is 127. The number of benzene rings is 2. The first kappa shape index (κ1) is 17.0. The molecule has 0 saturated carbocycles. The van der Waals surface area contributed by atoms with Gasteiger partial charge in [0.25, 0.3) is 5.91 Å². The molecule has 0 bridgehead atoms. The van der Waals surface area contributed by atoms with Gasteiger partial charge in [0.05, 0.1) is 12.8 Å². The van der Waals surface area contributed by atoms with Crippen LogP contribution in [0.3, 0.4) is 0 Å². The first-order chi connectivity index (χ1) is 11.6. The fourth-order valence-corrected chi connectivity index (χ4v) is 2.78. The second-order valence-electron chi connectivity index (χ2n) is 4.88. The monoisotopic (exact) mass is 501 g/mol. The number of nitrogens with zero attached hydrogens (tertiary/aromatic N) is 1. The summed E-state index contributed by atoms with van der Waals surface area (Å²) in [6.07, 6.45) is 1.55. The van der Waals surface area contributed by atoms with Gasteiger partial charge in [-0.05, 0) is 74.9 Å². The van der Waals surface area contributed by atoms with Crippen LogP contribution in [0.15, 0.2) is 46.0 Å². The zero-order valence-corrected chi connectivity index (χ0v) is 16.1. The van der Waals surface area contributed by atoms with Gasteiger partial charge in [-0.2, -0.15) is 5.10 Å². The van der Waals surface area contributed by atoms with E-state index < -0.39 is 0 Å². The van der Waals surface area contributed by atoms with E-state index in [1.165, 1.54) is 0 Å². The molecule has 1 amide bonds. The third-order valence-electron chi connectivity index (χ3n) is 3.18. The van der Waals surface area contributed by atoms with Crippen LogP contribution in [0.25, 0.3) is 0 Å². The smallest absolute Gasteiger partial charge is 0.259 e. The lowest BCUT2D eigenvalue weighted by Gasteiger charge is -2.05. The van der Waals surface area contributed by atoms with Crippen molar-refractivity contribution in [2.75, 3.05) is 18.7 Å². The highest BCUT2D eigenvalue weighted by molar-refractivity contribution is 14.1. The summed E-state index contributed by atoms with van der Waals surface area (Å²) in [5.41, 5.74) is 4.15. The molecule has 0 fully saturated rings. The van der Waals surface area contributed by atoms with Crippen molar-refractivity contribution in [1.82, 2.24) is 5.43 Å². The molecular weight excluding hydrogens is 489 g/mol. The van der Waals surface area contributed by atoms with Gasteiger partial charge < -0.3 is 14.8 Å². The van der Waals surface area contributed by atoms with E-state index in [2.05, 4.69) is 54.4 Å². The summed E-state index contributed by atoms with van der Waals surface area (Å²) in [6.45, 7) is 0.351. The molecule has 0 radical (unpaired) electrons. The predicted octanol–water partition coefficient (Wildman–Crippen LogP) is 3.34. The Morgan fingerprint density at radius 3 is 2.71 bits per heavy atom. The molecule has 2 N–H and O–H groups in total. The molecule has 124 valence electrons. The van der Waals surface area contributed by atoms with Crippen LogP contribution in [0, 0.1) is 3.57 Å². The van der Waals surface area contributed by atoms with Crippen LogP contribution in [0.5, 0.6) is 11.5 Å². The Hall–Kier alpha value is -1.81. The van der Waals surface area contributed by atoms with Crippen molar-refractivity contribution in [1.29, 1.82) is 0 Å². The molecule has 0 aliphatic carbocycles. The molecule has 3 rings (SSSR count). The van der Waals surface area contributed by atoms with Crippen LogP contribution < -0.4 is 20.2 Å². The SMILES string of the molecule is O=C(CNc1ccc(I)cc1)N/N=C/c1cc2c(cc1Br)OCO2. The average Bonchev–Trinajstić information content (AvgIpc) is 3.01. The molecule has 0 aromatic heterocycles. The molecule has 24 heavy (non-hydrogen) atoms. The van der Waals surface area contributed by atoms with E-state index in [1.54, 1.807) is 12.3 Å². The Labute approximate surface area is 160 Å². The molecule has 2 aromatic carbocycles. The highest BCUT2D eigenvalue weighted by Gasteiger charge is 2.15. The first-order valence-corrected chi connectivity index (χ1v) is 8.89. The fraction of sp³-hybridized carbons (Fsp3) is 0.125. The van der Waals surface area contributed by atoms with Crippen LogP contribution in [0.4, 0.5) is 5.69 Å². The number of nitrogens with one attached hydrogen (secondary N) is 2. The van der Waals surface area contributed by atoms with Crippen molar-refractivity contribution in [3.63, 3.8) is 0 Å². The molecular formula is C16H13BrIN3O3. The van der Waals surface area contributed by atoms with E-state index in [1.807, 2.05) is 30.3 Å². The number of carbonyl (C=O) groups is 1. The number of amides is 1. The van der Waals surface area contributed by atoms with Crippen molar-refractivity contribution < 1.29 is 14.3 Å². The molecule has 0 spiro atoms. The zero-order valence-electron chi connectivity index (χ0n) is 12.4. The Balaban J connectivity index is 1.52. The summed E-state index contributed by atoms with van der Waals surface area (Å²) in [5, 5.41) is 6.99. The Kier molecular flexibility index (Phi) is 5.56. The van der Waals surface area contributed by atoms with Crippen molar-refractivity contribution in [3.8, 4) is 11.5 Å². The minimum Gasteiger partial charge on any atom is -0.454 e. The third kappa shape index (κ3) is 4.38. The summed E-state index contributed by atoms with van der Waals surface area (Å²) in [5.74, 6) is 1.11. The molecule has 1 aliphatic rings. The number of hydrogen-bond acceptors (Lipinski definition) is 5. The normalized spacial score (nSPS) is 12.4. The number of anilines is 1. The molecule has 1 aliphatic heterocycles. The largest absolute Gasteiger partial charge is 0.454 e. The predicted molar refractivity (Wildman–Crippen MR) is 104 cm³/mol. The van der Waals surface area contributed by atoms with Gasteiger partial charge in [0.15, 0.2) is 11.5 Å². The van der Waals surface area contributed by atoms with Crippen LogP contribution >= 0.6 is 38.5 Å². The molecule has 2 aromatic rings. The minimum atomic E-state index is -0.235. The van der Waals surface area contributed by atoms with Crippen molar-refractivity contribution >= 4 is 56.3 Å². The van der Waals surface area contributed by atoms with Gasteiger partial charge >= 0.3 is 0 Å². The van der Waals surface area contributed by atoms with Crippen LogP contribution in [-0.4, -0.2) is 25.5 Å². The minimum absolute atomic E-state index is 0.139. The zero-order chi connectivity index (χ0) is 16.9. The highest BCUT2D eigenvalue weighted by Crippen LogP contribution is 2.36. The van der Waals surface area contributed by atoms with Crippen LogP contribution in [-0.2, 0) is 4.79 Å². The van der Waals surface area contributed by atoms with Gasteiger partial charge in [0.2, 0.25) is 6.79 Å². The summed E-state index contributed by atoms with van der Waals surface area (Å²) in [4.78, 5) is 11.8. The van der Waals surface area contributed by atoms with Crippen LogP contribution in [0.2, 0.25) is 0 Å². The molecule has 1 heterocycles. The van der Waals surface area contributed by atoms with Crippen molar-refractivity contribution in [2.45, 2.75) is 0 Å². The standard InChI is InChI=1S/C16H13BrIN3O3/c17-13-6-15-14(23-9-24-15)5-10(13)7-20-21-16(22)8-19-12-3-1-11(18)2-4-12/h1-7,19H,8-9H2,(H,21,22)/b20-7+. The number of carbonyl (C=O) groups excluding carboxylic acids is 1. The van der Waals surface area contributed by atoms with Gasteiger partial charge in [-0.25, -0.2) is 5.43 Å². The second-order valence-corrected chi connectivity index (χ2v) is 6.98. The third-order valence-corrected chi connectivity index (χ3v) is 4.59. The van der Waals surface area contributed by atoms with Gasteiger partial charge in [-0.1, -0.05) is 0 Å². The number of rotatable bonds is 5. The van der Waals surface area contributed by atoms with Crippen LogP contribution in [0.1, 0.15) is 5.56 Å². The lowest BCUT2D eigenvalue weighted by molar-refractivity contribution is -0.119. The van der Waals surface area contributed by atoms with Crippen molar-refractivity contribution in [2.24, 2.45) is 5.10 Å². The van der Waals surface area contributed by atoms with Crippen molar-refractivity contribution in [3.05, 3.63) is 50.0 Å². The molecule has 8 heteroatoms. The maximum atomic E-state index is 11.8. The molecule has 0 saturated heterocycles. The Morgan fingerprint density at radius 1 is 1.25 bits per heavy atom. The molecule has 6 nitrogen and oxygen atoms in total. The maximum Gasteiger partial charge on any atom is 0.259 e. The summed E-state index contributed by atoms with van der Waals surface area (Å²) >= 11 is 5.66. The number of hydrogen-bond donors (Lipinski definition) is 2. The average molecular weight is 502 g/mol. The Morgan fingerprint density at radius 2 is 1.96 bits per heavy atom. The van der Waals surface area contributed by atoms with E-state index in [4.69, 9.17) is 9.47 Å². The number of fused-ring (bicyclic) bond motifs is 1. The summed E-state index contributed by atoms with van der Waals surface area (Å²) in [7, 11) is 0. The summed E-state index contributed by atoms with van der Waals surface area (Å²) < 4.78 is 12.5. The number of ether oxygens (including phenoxy) is 2. The van der Waals surface area contributed by atoms with E-state index in [9.17, 15) is 4.79 Å². The van der Waals surface area contributed by atoms with E-state index >= 15 is 0 Å². The van der Waals surface area contributed by atoms with Gasteiger partial charge in [-0.15, -0.1) is 0 Å². The van der Waals surface area contributed by atoms with Gasteiger partial charge in [0.1, 0.15) is 0 Å². The number of halogens is 2. The quantitative estimate of drug-likeness (QED) is 0.374. The second kappa shape index (κ2) is 7.84. The van der Waals surface area contributed by atoms with Gasteiger partial charge in [0, 0.05) is 19.3 Å². The topological polar surface area (TPSA) is 72.0 Å². The first-order valence-electron chi connectivity index (χ1n) is 7.02. The molecule has 0 unspecified atom stereocenters. The Bertz CT molecular complexity index is 781. The lowest BCUT2D eigenvalue weighted by Crippen LogP contribution is -2.25. The number of hydrazone groups is 1. The maximum absolute atomic E-state index is 11.8. The van der Waals surface area contributed by atoms with E-state index in [0.717, 1.165) is 19.3 Å².